The van der Waals surface area contributed by atoms with Crippen LogP contribution < -0.4 is 10.6 Å². The third kappa shape index (κ3) is 3.90. The molecule has 0 aliphatic rings. The van der Waals surface area contributed by atoms with Crippen LogP contribution in [0.5, 0.6) is 0 Å². The SMILES string of the molecule is CCc1cccc(C)c1Nc1cc(NCc2ccccc2)ncn1. The maximum absolute atomic E-state index is 4.34. The van der Waals surface area contributed by atoms with Crippen LogP contribution in [-0.2, 0) is 13.0 Å². The number of benzene rings is 2. The van der Waals surface area contributed by atoms with Gasteiger partial charge in [-0.2, -0.15) is 0 Å². The van der Waals surface area contributed by atoms with Gasteiger partial charge in [0.25, 0.3) is 0 Å². The minimum atomic E-state index is 0.738. The molecule has 0 saturated heterocycles. The van der Waals surface area contributed by atoms with E-state index in [1.807, 2.05) is 24.3 Å². The molecular formula is C20H22N4. The Hall–Kier alpha value is -2.88. The molecule has 0 radical (unpaired) electrons. The standard InChI is InChI=1S/C20H22N4/c1-3-17-11-7-8-15(2)20(17)24-19-12-18(22-14-23-19)21-13-16-9-5-4-6-10-16/h4-12,14H,3,13H2,1-2H3,(H2,21,22,23,24). The van der Waals surface area contributed by atoms with E-state index in [9.17, 15) is 0 Å². The van der Waals surface area contributed by atoms with Gasteiger partial charge in [0.1, 0.15) is 18.0 Å². The molecule has 0 aliphatic heterocycles. The molecule has 4 nitrogen and oxygen atoms in total. The normalized spacial score (nSPS) is 10.4. The number of nitrogens with zero attached hydrogens (tertiary/aromatic N) is 2. The van der Waals surface area contributed by atoms with Crippen LogP contribution in [0.4, 0.5) is 17.3 Å². The van der Waals surface area contributed by atoms with Gasteiger partial charge in [0.15, 0.2) is 0 Å². The number of para-hydroxylation sites is 1. The lowest BCUT2D eigenvalue weighted by molar-refractivity contribution is 1.08. The first-order valence-electron chi connectivity index (χ1n) is 8.21. The van der Waals surface area contributed by atoms with Crippen LogP contribution in [0.15, 0.2) is 60.9 Å². The van der Waals surface area contributed by atoms with E-state index in [2.05, 4.69) is 64.8 Å². The van der Waals surface area contributed by atoms with Gasteiger partial charge in [-0.3, -0.25) is 0 Å². The summed E-state index contributed by atoms with van der Waals surface area (Å²) in [5.41, 5.74) is 4.85. The van der Waals surface area contributed by atoms with Crippen LogP contribution in [0.25, 0.3) is 0 Å². The fraction of sp³-hybridized carbons (Fsp3) is 0.200. The van der Waals surface area contributed by atoms with E-state index in [4.69, 9.17) is 0 Å². The largest absolute Gasteiger partial charge is 0.366 e. The molecule has 24 heavy (non-hydrogen) atoms. The number of rotatable bonds is 6. The molecule has 3 aromatic rings. The number of hydrogen-bond acceptors (Lipinski definition) is 4. The second kappa shape index (κ2) is 7.59. The van der Waals surface area contributed by atoms with Gasteiger partial charge in [0, 0.05) is 18.3 Å². The molecule has 0 fully saturated rings. The Labute approximate surface area is 143 Å². The fourth-order valence-electron chi connectivity index (χ4n) is 2.64. The van der Waals surface area contributed by atoms with E-state index in [1.54, 1.807) is 6.33 Å². The number of hydrogen-bond donors (Lipinski definition) is 2. The highest BCUT2D eigenvalue weighted by atomic mass is 15.1. The highest BCUT2D eigenvalue weighted by molar-refractivity contribution is 5.66. The molecule has 122 valence electrons. The minimum absolute atomic E-state index is 0.738. The average molecular weight is 318 g/mol. The molecule has 0 saturated carbocycles. The quantitative estimate of drug-likeness (QED) is 0.691. The van der Waals surface area contributed by atoms with Crippen LogP contribution in [0.1, 0.15) is 23.6 Å². The van der Waals surface area contributed by atoms with Crippen molar-refractivity contribution in [2.45, 2.75) is 26.8 Å². The monoisotopic (exact) mass is 318 g/mol. The lowest BCUT2D eigenvalue weighted by Gasteiger charge is -2.14. The lowest BCUT2D eigenvalue weighted by Crippen LogP contribution is -2.04. The van der Waals surface area contributed by atoms with Crippen molar-refractivity contribution >= 4 is 17.3 Å². The summed E-state index contributed by atoms with van der Waals surface area (Å²) >= 11 is 0. The van der Waals surface area contributed by atoms with Gasteiger partial charge in [-0.1, -0.05) is 55.5 Å². The van der Waals surface area contributed by atoms with Crippen molar-refractivity contribution in [3.05, 3.63) is 77.6 Å². The van der Waals surface area contributed by atoms with Crippen molar-refractivity contribution < 1.29 is 0 Å². The zero-order valence-corrected chi connectivity index (χ0v) is 14.1. The van der Waals surface area contributed by atoms with Gasteiger partial charge < -0.3 is 10.6 Å². The summed E-state index contributed by atoms with van der Waals surface area (Å²) in [5.74, 6) is 1.60. The van der Waals surface area contributed by atoms with Crippen LogP contribution in [0, 0.1) is 6.92 Å². The van der Waals surface area contributed by atoms with E-state index < -0.39 is 0 Å². The highest BCUT2D eigenvalue weighted by Crippen LogP contribution is 2.25. The van der Waals surface area contributed by atoms with Crippen molar-refractivity contribution in [2.24, 2.45) is 0 Å². The molecule has 4 heteroatoms. The maximum Gasteiger partial charge on any atom is 0.135 e. The number of anilines is 3. The summed E-state index contributed by atoms with van der Waals surface area (Å²) in [4.78, 5) is 8.64. The lowest BCUT2D eigenvalue weighted by atomic mass is 10.1. The van der Waals surface area contributed by atoms with Crippen molar-refractivity contribution in [3.63, 3.8) is 0 Å². The van der Waals surface area contributed by atoms with Crippen molar-refractivity contribution in [1.82, 2.24) is 9.97 Å². The summed E-state index contributed by atoms with van der Waals surface area (Å²) in [6, 6.07) is 18.6. The molecule has 0 bridgehead atoms. The highest BCUT2D eigenvalue weighted by Gasteiger charge is 2.06. The van der Waals surface area contributed by atoms with Gasteiger partial charge >= 0.3 is 0 Å². The predicted molar refractivity (Wildman–Crippen MR) is 99.6 cm³/mol. The van der Waals surface area contributed by atoms with Crippen molar-refractivity contribution in [2.75, 3.05) is 10.6 Å². The Morgan fingerprint density at radius 3 is 2.50 bits per heavy atom. The van der Waals surface area contributed by atoms with Crippen LogP contribution in [0.2, 0.25) is 0 Å². The van der Waals surface area contributed by atoms with Gasteiger partial charge in [-0.15, -0.1) is 0 Å². The summed E-state index contributed by atoms with van der Waals surface area (Å²) < 4.78 is 0. The first kappa shape index (κ1) is 16.0. The van der Waals surface area contributed by atoms with E-state index in [0.29, 0.717) is 0 Å². The molecule has 0 spiro atoms. The summed E-state index contributed by atoms with van der Waals surface area (Å²) in [6.45, 7) is 5.01. The van der Waals surface area contributed by atoms with Crippen LogP contribution in [-0.4, -0.2) is 9.97 Å². The molecule has 3 rings (SSSR count). The topological polar surface area (TPSA) is 49.8 Å². The second-order valence-corrected chi connectivity index (χ2v) is 5.72. The molecule has 2 aromatic carbocycles. The van der Waals surface area contributed by atoms with Gasteiger partial charge in [0.05, 0.1) is 0 Å². The minimum Gasteiger partial charge on any atom is -0.366 e. The van der Waals surface area contributed by atoms with Gasteiger partial charge in [-0.05, 0) is 30.0 Å². The smallest absolute Gasteiger partial charge is 0.135 e. The van der Waals surface area contributed by atoms with Crippen LogP contribution in [0.3, 0.4) is 0 Å². The molecule has 1 heterocycles. The fourth-order valence-corrected chi connectivity index (χ4v) is 2.64. The zero-order chi connectivity index (χ0) is 16.8. The van der Waals surface area contributed by atoms with Crippen molar-refractivity contribution in [3.8, 4) is 0 Å². The van der Waals surface area contributed by atoms with Gasteiger partial charge in [-0.25, -0.2) is 9.97 Å². The number of aryl methyl sites for hydroxylation is 2. The zero-order valence-electron chi connectivity index (χ0n) is 14.1. The van der Waals surface area contributed by atoms with Gasteiger partial charge in [0.2, 0.25) is 0 Å². The Morgan fingerprint density at radius 2 is 1.71 bits per heavy atom. The molecule has 0 aliphatic carbocycles. The summed E-state index contributed by atoms with van der Waals surface area (Å²) in [7, 11) is 0. The van der Waals surface area contributed by atoms with E-state index in [0.717, 1.165) is 30.3 Å². The molecule has 1 aromatic heterocycles. The molecule has 0 amide bonds. The number of nitrogens with one attached hydrogen (secondary N) is 2. The average Bonchev–Trinajstić information content (AvgIpc) is 2.63. The van der Waals surface area contributed by atoms with E-state index >= 15 is 0 Å². The summed E-state index contributed by atoms with van der Waals surface area (Å²) in [6.07, 6.45) is 2.56. The Balaban J connectivity index is 1.74. The predicted octanol–water partition coefficient (Wildman–Crippen LogP) is 4.70. The third-order valence-electron chi connectivity index (χ3n) is 3.98. The Kier molecular flexibility index (Phi) is 5.06. The Bertz CT molecular complexity index is 800. The molecule has 2 N–H and O–H groups in total. The summed E-state index contributed by atoms with van der Waals surface area (Å²) in [5, 5.41) is 6.78. The molecular weight excluding hydrogens is 296 g/mol. The number of aromatic nitrogens is 2. The van der Waals surface area contributed by atoms with Crippen molar-refractivity contribution in [1.29, 1.82) is 0 Å². The van der Waals surface area contributed by atoms with E-state index in [-0.39, 0.29) is 0 Å². The molecule has 0 unspecified atom stereocenters. The van der Waals surface area contributed by atoms with Crippen LogP contribution >= 0.6 is 0 Å². The first-order chi connectivity index (χ1) is 11.8. The molecule has 0 atom stereocenters. The third-order valence-corrected chi connectivity index (χ3v) is 3.98. The van der Waals surface area contributed by atoms with E-state index in [1.165, 1.54) is 16.7 Å². The Morgan fingerprint density at radius 1 is 0.917 bits per heavy atom. The maximum atomic E-state index is 4.34. The first-order valence-corrected chi connectivity index (χ1v) is 8.21. The second-order valence-electron chi connectivity index (χ2n) is 5.72.